The zero-order chi connectivity index (χ0) is 12.2. The summed E-state index contributed by atoms with van der Waals surface area (Å²) in [6, 6.07) is 0. The normalized spacial score (nSPS) is 22.2. The van der Waals surface area contributed by atoms with Gasteiger partial charge in [-0.25, -0.2) is 8.42 Å². The van der Waals surface area contributed by atoms with E-state index < -0.39 is 10.0 Å². The number of thioether (sulfide) groups is 1. The van der Waals surface area contributed by atoms with Crippen LogP contribution >= 0.6 is 11.8 Å². The van der Waals surface area contributed by atoms with Gasteiger partial charge in [-0.3, -0.25) is 0 Å². The van der Waals surface area contributed by atoms with Crippen LogP contribution in [0.3, 0.4) is 0 Å². The van der Waals surface area contributed by atoms with Crippen LogP contribution in [0, 0.1) is 0 Å². The molecule has 16 heavy (non-hydrogen) atoms. The lowest BCUT2D eigenvalue weighted by atomic mass is 10.2. The van der Waals surface area contributed by atoms with Crippen LogP contribution in [0.4, 0.5) is 0 Å². The van der Waals surface area contributed by atoms with Crippen LogP contribution in [0.2, 0.25) is 0 Å². The third kappa shape index (κ3) is 4.24. The minimum absolute atomic E-state index is 0.0499. The van der Waals surface area contributed by atoms with E-state index in [2.05, 4.69) is 19.2 Å². The summed E-state index contributed by atoms with van der Waals surface area (Å²) in [5, 5.41) is 2.97. The first kappa shape index (κ1) is 14.3. The molecule has 0 aromatic rings. The second kappa shape index (κ2) is 5.71. The summed E-state index contributed by atoms with van der Waals surface area (Å²) in [7, 11) is -1.21. The zero-order valence-electron chi connectivity index (χ0n) is 10.3. The van der Waals surface area contributed by atoms with Crippen molar-refractivity contribution in [1.29, 1.82) is 0 Å². The molecule has 0 saturated carbocycles. The van der Waals surface area contributed by atoms with Gasteiger partial charge in [0.25, 0.3) is 0 Å². The molecule has 1 rings (SSSR count). The van der Waals surface area contributed by atoms with Crippen molar-refractivity contribution in [2.75, 3.05) is 38.2 Å². The number of rotatable bonds is 5. The molecule has 0 unspecified atom stereocenters. The lowest BCUT2D eigenvalue weighted by Crippen LogP contribution is -2.47. The van der Waals surface area contributed by atoms with Crippen molar-refractivity contribution in [2.24, 2.45) is 0 Å². The summed E-state index contributed by atoms with van der Waals surface area (Å²) in [6.07, 6.45) is 0.683. The number of hydrogen-bond acceptors (Lipinski definition) is 4. The maximum absolute atomic E-state index is 12.0. The van der Waals surface area contributed by atoms with Gasteiger partial charge in [0, 0.05) is 23.6 Å². The molecule has 1 N–H and O–H groups in total. The molecule has 96 valence electrons. The van der Waals surface area contributed by atoms with E-state index in [1.807, 2.05) is 18.8 Å². The standard InChI is InChI=1S/C10H22N2O2S2/c1-10(2)9-12(6-7-15-10)16(13,14)8-4-5-11-3/h11H,4-9H2,1-3H3. The fraction of sp³-hybridized carbons (Fsp3) is 1.00. The molecule has 0 aromatic heterocycles. The summed E-state index contributed by atoms with van der Waals surface area (Å²) >= 11 is 1.85. The van der Waals surface area contributed by atoms with Gasteiger partial charge in [0.05, 0.1) is 5.75 Å². The van der Waals surface area contributed by atoms with Crippen molar-refractivity contribution in [3.8, 4) is 0 Å². The smallest absolute Gasteiger partial charge is 0.214 e. The Morgan fingerprint density at radius 2 is 2.12 bits per heavy atom. The van der Waals surface area contributed by atoms with Crippen molar-refractivity contribution >= 4 is 21.8 Å². The van der Waals surface area contributed by atoms with Crippen molar-refractivity contribution in [3.63, 3.8) is 0 Å². The van der Waals surface area contributed by atoms with Crippen molar-refractivity contribution in [1.82, 2.24) is 9.62 Å². The Labute approximate surface area is 103 Å². The fourth-order valence-corrected chi connectivity index (χ4v) is 4.74. The third-order valence-electron chi connectivity index (χ3n) is 2.61. The first-order valence-corrected chi connectivity index (χ1v) is 8.23. The van der Waals surface area contributed by atoms with Gasteiger partial charge >= 0.3 is 0 Å². The molecule has 0 aromatic carbocycles. The molecule has 1 fully saturated rings. The summed E-state index contributed by atoms with van der Waals surface area (Å²) in [5.41, 5.74) is 0. The predicted molar refractivity (Wildman–Crippen MR) is 70.4 cm³/mol. The Kier molecular flexibility index (Phi) is 5.10. The molecule has 0 radical (unpaired) electrons. The molecule has 1 aliphatic rings. The molecule has 0 amide bonds. The molecule has 0 atom stereocenters. The topological polar surface area (TPSA) is 49.4 Å². The third-order valence-corrected chi connectivity index (χ3v) is 5.81. The van der Waals surface area contributed by atoms with Gasteiger partial charge in [-0.15, -0.1) is 0 Å². The van der Waals surface area contributed by atoms with E-state index in [0.29, 0.717) is 19.5 Å². The number of hydrogen-bond donors (Lipinski definition) is 1. The average molecular weight is 266 g/mol. The molecule has 0 bridgehead atoms. The number of nitrogens with zero attached hydrogens (tertiary/aromatic N) is 1. The fourth-order valence-electron chi connectivity index (χ4n) is 1.77. The van der Waals surface area contributed by atoms with Crippen LogP contribution in [0.25, 0.3) is 0 Å². The van der Waals surface area contributed by atoms with Crippen molar-refractivity contribution in [2.45, 2.75) is 25.0 Å². The minimum atomic E-state index is -3.05. The van der Waals surface area contributed by atoms with Gasteiger partial charge in [0.2, 0.25) is 10.0 Å². The molecule has 0 aliphatic carbocycles. The van der Waals surface area contributed by atoms with E-state index in [4.69, 9.17) is 0 Å². The van der Waals surface area contributed by atoms with E-state index in [-0.39, 0.29) is 10.5 Å². The highest BCUT2D eigenvalue weighted by Gasteiger charge is 2.33. The Morgan fingerprint density at radius 3 is 2.69 bits per heavy atom. The summed E-state index contributed by atoms with van der Waals surface area (Å²) in [5.74, 6) is 1.16. The maximum Gasteiger partial charge on any atom is 0.214 e. The van der Waals surface area contributed by atoms with Crippen LogP contribution in [0.15, 0.2) is 0 Å². The van der Waals surface area contributed by atoms with Crippen molar-refractivity contribution in [3.05, 3.63) is 0 Å². The van der Waals surface area contributed by atoms with Gasteiger partial charge in [-0.1, -0.05) is 0 Å². The molecular weight excluding hydrogens is 244 g/mol. The van der Waals surface area contributed by atoms with Crippen LogP contribution in [-0.4, -0.2) is 55.7 Å². The highest BCUT2D eigenvalue weighted by molar-refractivity contribution is 8.00. The second-order valence-corrected chi connectivity index (χ2v) is 8.61. The second-order valence-electron chi connectivity index (χ2n) is 4.71. The Balaban J connectivity index is 2.54. The molecular formula is C10H22N2O2S2. The van der Waals surface area contributed by atoms with Crippen molar-refractivity contribution < 1.29 is 8.42 Å². The molecule has 0 spiro atoms. The van der Waals surface area contributed by atoms with E-state index >= 15 is 0 Å². The van der Waals surface area contributed by atoms with E-state index in [1.54, 1.807) is 4.31 Å². The highest BCUT2D eigenvalue weighted by Crippen LogP contribution is 2.30. The van der Waals surface area contributed by atoms with Crippen LogP contribution in [0.1, 0.15) is 20.3 Å². The molecule has 1 heterocycles. The first-order valence-electron chi connectivity index (χ1n) is 5.64. The monoisotopic (exact) mass is 266 g/mol. The van der Waals surface area contributed by atoms with Gasteiger partial charge < -0.3 is 5.32 Å². The quantitative estimate of drug-likeness (QED) is 0.746. The van der Waals surface area contributed by atoms with Gasteiger partial charge in [0.1, 0.15) is 0 Å². The zero-order valence-corrected chi connectivity index (χ0v) is 12.0. The Hall–Kier alpha value is 0.220. The number of nitrogens with one attached hydrogen (secondary N) is 1. The van der Waals surface area contributed by atoms with E-state index in [1.165, 1.54) is 0 Å². The Bertz CT molecular complexity index is 315. The van der Waals surface area contributed by atoms with Gasteiger partial charge in [-0.05, 0) is 33.9 Å². The summed E-state index contributed by atoms with van der Waals surface area (Å²) in [6.45, 7) is 6.26. The Morgan fingerprint density at radius 1 is 1.44 bits per heavy atom. The largest absolute Gasteiger partial charge is 0.320 e. The average Bonchev–Trinajstić information content (AvgIpc) is 2.16. The van der Waals surface area contributed by atoms with E-state index in [9.17, 15) is 8.42 Å². The highest BCUT2D eigenvalue weighted by atomic mass is 32.2. The van der Waals surface area contributed by atoms with Gasteiger partial charge in [-0.2, -0.15) is 16.1 Å². The lowest BCUT2D eigenvalue weighted by Gasteiger charge is -2.36. The maximum atomic E-state index is 12.0. The first-order chi connectivity index (χ1) is 7.37. The number of sulfonamides is 1. The van der Waals surface area contributed by atoms with Gasteiger partial charge in [0.15, 0.2) is 0 Å². The van der Waals surface area contributed by atoms with Crippen LogP contribution < -0.4 is 5.32 Å². The molecule has 6 heteroatoms. The predicted octanol–water partition coefficient (Wildman–Crippen LogP) is 0.753. The molecule has 4 nitrogen and oxygen atoms in total. The van der Waals surface area contributed by atoms with E-state index in [0.717, 1.165) is 12.3 Å². The SMILES string of the molecule is CNCCCS(=O)(=O)N1CCSC(C)(C)C1. The molecule has 1 saturated heterocycles. The van der Waals surface area contributed by atoms with Crippen LogP contribution in [0.5, 0.6) is 0 Å². The lowest BCUT2D eigenvalue weighted by molar-refractivity contribution is 0.387. The summed E-state index contributed by atoms with van der Waals surface area (Å²) < 4.78 is 25.8. The van der Waals surface area contributed by atoms with Crippen LogP contribution in [-0.2, 0) is 10.0 Å². The minimum Gasteiger partial charge on any atom is -0.320 e. The summed E-state index contributed by atoms with van der Waals surface area (Å²) in [4.78, 5) is 0. The molecule has 1 aliphatic heterocycles.